The van der Waals surface area contributed by atoms with Gasteiger partial charge in [0.1, 0.15) is 0 Å². The Morgan fingerprint density at radius 1 is 1.21 bits per heavy atom. The van der Waals surface area contributed by atoms with Crippen LogP contribution in [0.25, 0.3) is 0 Å². The molecule has 2 N–H and O–H groups in total. The molecule has 0 unspecified atom stereocenters. The van der Waals surface area contributed by atoms with Gasteiger partial charge in [0.15, 0.2) is 0 Å². The van der Waals surface area contributed by atoms with Gasteiger partial charge in [0.2, 0.25) is 0 Å². The van der Waals surface area contributed by atoms with Gasteiger partial charge in [-0.3, -0.25) is 0 Å². The molecule has 0 spiro atoms. The van der Waals surface area contributed by atoms with Gasteiger partial charge < -0.3 is 0 Å². The third-order valence-corrected chi connectivity index (χ3v) is 4.41. The molecule has 0 aliphatic carbocycles. The van der Waals surface area contributed by atoms with Gasteiger partial charge in [0.05, 0.1) is 0 Å². The Kier molecular flexibility index (Phi) is 4.91. The fourth-order valence-electron chi connectivity index (χ4n) is 1.21. The van der Waals surface area contributed by atoms with Crippen molar-refractivity contribution in [1.82, 2.24) is 0 Å². The minimum absolute atomic E-state index is 0.0437. The summed E-state index contributed by atoms with van der Waals surface area (Å²) in [5, 5.41) is 19.2. The predicted octanol–water partition coefficient (Wildman–Crippen LogP) is 0.605. The van der Waals surface area contributed by atoms with E-state index in [2.05, 4.69) is 6.58 Å². The van der Waals surface area contributed by atoms with E-state index in [-0.39, 0.29) is 28.2 Å². The van der Waals surface area contributed by atoms with Gasteiger partial charge in [0, 0.05) is 0 Å². The molecule has 1 rings (SSSR count). The second-order valence-electron chi connectivity index (χ2n) is 2.82. The van der Waals surface area contributed by atoms with Crippen molar-refractivity contribution in [2.45, 2.75) is 18.5 Å². The third kappa shape index (κ3) is 2.69. The molecule has 0 fully saturated rings. The molecule has 0 atom stereocenters. The molecule has 0 saturated heterocycles. The van der Waals surface area contributed by atoms with E-state index in [0.29, 0.717) is 0 Å². The first kappa shape index (κ1) is 11.5. The minimum atomic E-state index is 0.0437. The third-order valence-electron chi connectivity index (χ3n) is 1.86. The average Bonchev–Trinajstić information content (AvgIpc) is 2.25. The SMILES string of the molecule is C=CC[Se]c1c(CO)cccc1CO. The number of rotatable bonds is 5. The maximum atomic E-state index is 9.14. The van der Waals surface area contributed by atoms with Gasteiger partial charge in [-0.25, -0.2) is 0 Å². The first-order valence-electron chi connectivity index (χ1n) is 4.39. The Morgan fingerprint density at radius 3 is 2.21 bits per heavy atom. The Labute approximate surface area is 90.4 Å². The van der Waals surface area contributed by atoms with Crippen molar-refractivity contribution >= 4 is 19.4 Å². The fourth-order valence-corrected chi connectivity index (χ4v) is 3.15. The van der Waals surface area contributed by atoms with Gasteiger partial charge >= 0.3 is 90.1 Å². The van der Waals surface area contributed by atoms with Crippen LogP contribution in [0.5, 0.6) is 0 Å². The van der Waals surface area contributed by atoms with Crippen molar-refractivity contribution in [3.05, 3.63) is 42.0 Å². The van der Waals surface area contributed by atoms with Crippen molar-refractivity contribution in [2.24, 2.45) is 0 Å². The van der Waals surface area contributed by atoms with Crippen LogP contribution in [0, 0.1) is 0 Å². The van der Waals surface area contributed by atoms with Gasteiger partial charge in [-0.2, -0.15) is 0 Å². The van der Waals surface area contributed by atoms with Crippen molar-refractivity contribution < 1.29 is 10.2 Å². The van der Waals surface area contributed by atoms with Crippen LogP contribution < -0.4 is 4.46 Å². The summed E-state index contributed by atoms with van der Waals surface area (Å²) in [7, 11) is 0. The van der Waals surface area contributed by atoms with E-state index in [4.69, 9.17) is 10.2 Å². The topological polar surface area (TPSA) is 40.5 Å². The zero-order valence-corrected chi connectivity index (χ0v) is 9.65. The van der Waals surface area contributed by atoms with Gasteiger partial charge in [-0.05, 0) is 0 Å². The molecule has 0 aromatic heterocycles. The van der Waals surface area contributed by atoms with E-state index in [1.807, 2.05) is 24.3 Å². The zero-order chi connectivity index (χ0) is 10.4. The van der Waals surface area contributed by atoms with Crippen LogP contribution in [0.1, 0.15) is 11.1 Å². The zero-order valence-electron chi connectivity index (χ0n) is 7.94. The molecule has 0 heterocycles. The summed E-state index contributed by atoms with van der Waals surface area (Å²) in [5.74, 6) is 0. The standard InChI is InChI=1S/C11H14O2Se/c1-2-6-14-11-9(7-12)4-3-5-10(11)8-13/h2-5,12-13H,1,6-8H2. The summed E-state index contributed by atoms with van der Waals surface area (Å²) < 4.78 is 1.12. The maximum absolute atomic E-state index is 9.14. The Hall–Kier alpha value is -0.601. The quantitative estimate of drug-likeness (QED) is 0.599. The van der Waals surface area contributed by atoms with Gasteiger partial charge in [-0.1, -0.05) is 0 Å². The van der Waals surface area contributed by atoms with Crippen molar-refractivity contribution in [3.8, 4) is 0 Å². The molecule has 0 radical (unpaired) electrons. The number of allylic oxidation sites excluding steroid dienone is 1. The number of aliphatic hydroxyl groups is 2. The summed E-state index contributed by atoms with van der Waals surface area (Å²) in [4.78, 5) is 0. The molecule has 1 aromatic rings. The van der Waals surface area contributed by atoms with Crippen LogP contribution in [-0.2, 0) is 13.2 Å². The van der Waals surface area contributed by atoms with Gasteiger partial charge in [-0.15, -0.1) is 0 Å². The molecule has 1 aromatic carbocycles. The summed E-state index contributed by atoms with van der Waals surface area (Å²) in [6, 6.07) is 5.67. The van der Waals surface area contributed by atoms with E-state index in [0.717, 1.165) is 20.9 Å². The molecule has 3 heteroatoms. The summed E-state index contributed by atoms with van der Waals surface area (Å²) in [6.07, 6.45) is 1.87. The van der Waals surface area contributed by atoms with Crippen molar-refractivity contribution in [1.29, 1.82) is 0 Å². The molecule has 2 nitrogen and oxygen atoms in total. The van der Waals surface area contributed by atoms with Crippen molar-refractivity contribution in [3.63, 3.8) is 0 Å². The monoisotopic (exact) mass is 258 g/mol. The number of aliphatic hydroxyl groups excluding tert-OH is 2. The van der Waals surface area contributed by atoms with E-state index < -0.39 is 0 Å². The van der Waals surface area contributed by atoms with Crippen LogP contribution in [0.4, 0.5) is 0 Å². The van der Waals surface area contributed by atoms with Crippen LogP contribution in [-0.4, -0.2) is 25.2 Å². The van der Waals surface area contributed by atoms with E-state index in [1.165, 1.54) is 0 Å². The molecule has 0 amide bonds. The fraction of sp³-hybridized carbons (Fsp3) is 0.273. The predicted molar refractivity (Wildman–Crippen MR) is 58.7 cm³/mol. The van der Waals surface area contributed by atoms with Crippen LogP contribution in [0.2, 0.25) is 5.32 Å². The van der Waals surface area contributed by atoms with Crippen LogP contribution >= 0.6 is 0 Å². The molecule has 0 aliphatic heterocycles. The summed E-state index contributed by atoms with van der Waals surface area (Å²) >= 11 is 0.263. The Balaban J connectivity index is 2.99. The first-order chi connectivity index (χ1) is 6.83. The Morgan fingerprint density at radius 2 is 1.79 bits per heavy atom. The molecule has 0 bridgehead atoms. The average molecular weight is 257 g/mol. The van der Waals surface area contributed by atoms with Gasteiger partial charge in [0.25, 0.3) is 0 Å². The Bertz CT molecular complexity index is 288. The number of benzene rings is 1. The van der Waals surface area contributed by atoms with E-state index in [9.17, 15) is 0 Å². The number of hydrogen-bond donors (Lipinski definition) is 2. The molecule has 14 heavy (non-hydrogen) atoms. The van der Waals surface area contributed by atoms with E-state index >= 15 is 0 Å². The first-order valence-corrected chi connectivity index (χ1v) is 6.46. The van der Waals surface area contributed by atoms with Crippen LogP contribution in [0.15, 0.2) is 30.9 Å². The van der Waals surface area contributed by atoms with E-state index in [1.54, 1.807) is 0 Å². The summed E-state index contributed by atoms with van der Waals surface area (Å²) in [5.41, 5.74) is 1.86. The van der Waals surface area contributed by atoms with Crippen LogP contribution in [0.3, 0.4) is 0 Å². The molecule has 0 saturated carbocycles. The second kappa shape index (κ2) is 5.99. The molecular formula is C11H14O2Se. The molecule has 0 aliphatic rings. The molecule has 76 valence electrons. The number of hydrogen-bond acceptors (Lipinski definition) is 2. The molecular weight excluding hydrogens is 243 g/mol. The second-order valence-corrected chi connectivity index (χ2v) is 4.98. The normalized spacial score (nSPS) is 10.1. The van der Waals surface area contributed by atoms with Crippen molar-refractivity contribution in [2.75, 3.05) is 0 Å². The summed E-state index contributed by atoms with van der Waals surface area (Å²) in [6.45, 7) is 3.76.